The Kier molecular flexibility index (Phi) is 5.20. The van der Waals surface area contributed by atoms with Gasteiger partial charge in [0, 0.05) is 19.4 Å². The fourth-order valence-corrected chi connectivity index (χ4v) is 3.52. The summed E-state index contributed by atoms with van der Waals surface area (Å²) in [6.07, 6.45) is 3.10. The van der Waals surface area contributed by atoms with E-state index in [1.54, 1.807) is 4.90 Å². The first-order chi connectivity index (χ1) is 11.6. The van der Waals surface area contributed by atoms with Gasteiger partial charge in [-0.25, -0.2) is 0 Å². The predicted octanol–water partition coefficient (Wildman–Crippen LogP) is 2.39. The van der Waals surface area contributed by atoms with Gasteiger partial charge in [0.1, 0.15) is 5.01 Å². The number of likely N-dealkylation sites (tertiary alicyclic amines) is 1. The highest BCUT2D eigenvalue weighted by molar-refractivity contribution is 7.15. The van der Waals surface area contributed by atoms with Crippen LogP contribution in [0, 0.1) is 6.92 Å². The molecule has 6 nitrogen and oxygen atoms in total. The van der Waals surface area contributed by atoms with Gasteiger partial charge in [0.2, 0.25) is 16.9 Å². The van der Waals surface area contributed by atoms with Crippen LogP contribution < -0.4 is 5.32 Å². The first kappa shape index (κ1) is 16.6. The number of anilines is 1. The molecule has 0 radical (unpaired) electrons. The Bertz CT molecular complexity index is 744. The Balaban J connectivity index is 1.55. The molecule has 0 atom stereocenters. The van der Waals surface area contributed by atoms with Crippen LogP contribution in [0.5, 0.6) is 0 Å². The van der Waals surface area contributed by atoms with Gasteiger partial charge in [0.05, 0.1) is 6.54 Å². The summed E-state index contributed by atoms with van der Waals surface area (Å²) in [6, 6.07) is 8.23. The summed E-state index contributed by atoms with van der Waals surface area (Å²) in [6.45, 7) is 2.80. The lowest BCUT2D eigenvalue weighted by Gasteiger charge is -2.25. The van der Waals surface area contributed by atoms with Crippen molar-refractivity contribution in [1.29, 1.82) is 0 Å². The first-order valence-electron chi connectivity index (χ1n) is 8.06. The molecule has 126 valence electrons. The van der Waals surface area contributed by atoms with E-state index < -0.39 is 0 Å². The van der Waals surface area contributed by atoms with Crippen LogP contribution in [0.2, 0.25) is 0 Å². The molecule has 0 aliphatic carbocycles. The van der Waals surface area contributed by atoms with E-state index in [-0.39, 0.29) is 18.4 Å². The highest BCUT2D eigenvalue weighted by Crippen LogP contribution is 2.19. The number of aryl methyl sites for hydroxylation is 1. The van der Waals surface area contributed by atoms with Crippen LogP contribution in [0.4, 0.5) is 5.13 Å². The van der Waals surface area contributed by atoms with E-state index in [9.17, 15) is 9.59 Å². The SMILES string of the molecule is Cc1cccc(Cc2nnc(NC(=O)CN3CCCCC3=O)s2)c1. The van der Waals surface area contributed by atoms with Crippen LogP contribution in [0.15, 0.2) is 24.3 Å². The van der Waals surface area contributed by atoms with Crippen LogP contribution in [0.3, 0.4) is 0 Å². The number of amides is 2. The molecule has 1 aromatic heterocycles. The van der Waals surface area contributed by atoms with Gasteiger partial charge in [0.15, 0.2) is 0 Å². The number of hydrogen-bond donors (Lipinski definition) is 1. The molecule has 2 aromatic rings. The van der Waals surface area contributed by atoms with Gasteiger partial charge >= 0.3 is 0 Å². The van der Waals surface area contributed by atoms with Crippen molar-refractivity contribution in [2.75, 3.05) is 18.4 Å². The smallest absolute Gasteiger partial charge is 0.245 e. The first-order valence-corrected chi connectivity index (χ1v) is 8.87. The van der Waals surface area contributed by atoms with Crippen molar-refractivity contribution in [3.05, 3.63) is 40.4 Å². The fourth-order valence-electron chi connectivity index (χ4n) is 2.73. The van der Waals surface area contributed by atoms with E-state index in [1.165, 1.54) is 22.5 Å². The summed E-state index contributed by atoms with van der Waals surface area (Å²) in [5.41, 5.74) is 2.37. The molecule has 24 heavy (non-hydrogen) atoms. The van der Waals surface area contributed by atoms with Crippen LogP contribution >= 0.6 is 11.3 Å². The standard InChI is InChI=1S/C17H20N4O2S/c1-12-5-4-6-13(9-12)10-15-19-20-17(24-15)18-14(22)11-21-8-3-2-7-16(21)23/h4-6,9H,2-3,7-8,10-11H2,1H3,(H,18,20,22). The van der Waals surface area contributed by atoms with Gasteiger partial charge in [0.25, 0.3) is 0 Å². The molecule has 2 heterocycles. The number of piperidine rings is 1. The Morgan fingerprint density at radius 3 is 3.00 bits per heavy atom. The van der Waals surface area contributed by atoms with E-state index in [1.807, 2.05) is 6.07 Å². The minimum absolute atomic E-state index is 0.0498. The molecule has 3 rings (SSSR count). The quantitative estimate of drug-likeness (QED) is 0.904. The van der Waals surface area contributed by atoms with Gasteiger partial charge in [-0.15, -0.1) is 10.2 Å². The molecule has 1 N–H and O–H groups in total. The minimum Gasteiger partial charge on any atom is -0.333 e. The monoisotopic (exact) mass is 344 g/mol. The van der Waals surface area contributed by atoms with E-state index in [0.717, 1.165) is 17.8 Å². The summed E-state index contributed by atoms with van der Waals surface area (Å²) in [5.74, 6) is -0.169. The van der Waals surface area contributed by atoms with Crippen molar-refractivity contribution in [1.82, 2.24) is 15.1 Å². The third-order valence-electron chi connectivity index (χ3n) is 3.91. The van der Waals surface area contributed by atoms with Crippen molar-refractivity contribution >= 4 is 28.3 Å². The number of nitrogens with zero attached hydrogens (tertiary/aromatic N) is 3. The predicted molar refractivity (Wildman–Crippen MR) is 93.0 cm³/mol. The second-order valence-corrected chi connectivity index (χ2v) is 7.05. The summed E-state index contributed by atoms with van der Waals surface area (Å²) < 4.78 is 0. The Labute approximate surface area is 144 Å². The van der Waals surface area contributed by atoms with Gasteiger partial charge < -0.3 is 4.90 Å². The average Bonchev–Trinajstić information content (AvgIpc) is 2.96. The number of aromatic nitrogens is 2. The molecule has 1 aromatic carbocycles. The Hall–Kier alpha value is -2.28. The molecule has 7 heteroatoms. The third kappa shape index (κ3) is 4.38. The zero-order chi connectivity index (χ0) is 16.9. The highest BCUT2D eigenvalue weighted by Gasteiger charge is 2.21. The van der Waals surface area contributed by atoms with Crippen LogP contribution in [0.25, 0.3) is 0 Å². The van der Waals surface area contributed by atoms with E-state index in [0.29, 0.717) is 24.5 Å². The van der Waals surface area contributed by atoms with Crippen LogP contribution in [-0.2, 0) is 16.0 Å². The van der Waals surface area contributed by atoms with Crippen LogP contribution in [-0.4, -0.2) is 40.0 Å². The van der Waals surface area contributed by atoms with Crippen LogP contribution in [0.1, 0.15) is 35.4 Å². The minimum atomic E-state index is -0.219. The van der Waals surface area contributed by atoms with E-state index in [2.05, 4.69) is 40.6 Å². The number of rotatable bonds is 5. The van der Waals surface area contributed by atoms with Crippen molar-refractivity contribution in [3.8, 4) is 0 Å². The number of nitrogens with one attached hydrogen (secondary N) is 1. The lowest BCUT2D eigenvalue weighted by atomic mass is 10.1. The van der Waals surface area contributed by atoms with Gasteiger partial charge in [-0.3, -0.25) is 14.9 Å². The Morgan fingerprint density at radius 2 is 2.21 bits per heavy atom. The lowest BCUT2D eigenvalue weighted by molar-refractivity contribution is -0.136. The van der Waals surface area contributed by atoms with Crippen molar-refractivity contribution in [3.63, 3.8) is 0 Å². The molecule has 1 saturated heterocycles. The molecule has 1 aliphatic rings. The van der Waals surface area contributed by atoms with Crippen molar-refractivity contribution < 1.29 is 9.59 Å². The number of benzene rings is 1. The maximum atomic E-state index is 12.1. The molecule has 1 fully saturated rings. The maximum Gasteiger partial charge on any atom is 0.245 e. The maximum absolute atomic E-state index is 12.1. The summed E-state index contributed by atoms with van der Waals surface area (Å²) in [7, 11) is 0. The fraction of sp³-hybridized carbons (Fsp3) is 0.412. The summed E-state index contributed by atoms with van der Waals surface area (Å²) in [4.78, 5) is 25.4. The van der Waals surface area contributed by atoms with Gasteiger partial charge in [-0.1, -0.05) is 41.2 Å². The topological polar surface area (TPSA) is 75.2 Å². The molecular formula is C17H20N4O2S. The zero-order valence-electron chi connectivity index (χ0n) is 13.6. The largest absolute Gasteiger partial charge is 0.333 e. The normalized spacial score (nSPS) is 14.7. The molecular weight excluding hydrogens is 324 g/mol. The third-order valence-corrected chi connectivity index (χ3v) is 4.75. The van der Waals surface area contributed by atoms with E-state index in [4.69, 9.17) is 0 Å². The lowest BCUT2D eigenvalue weighted by Crippen LogP contribution is -2.40. The summed E-state index contributed by atoms with van der Waals surface area (Å²) in [5, 5.41) is 12.2. The second kappa shape index (κ2) is 7.53. The van der Waals surface area contributed by atoms with E-state index >= 15 is 0 Å². The van der Waals surface area contributed by atoms with Gasteiger partial charge in [-0.2, -0.15) is 0 Å². The number of carbonyl (C=O) groups excluding carboxylic acids is 2. The van der Waals surface area contributed by atoms with Crippen molar-refractivity contribution in [2.24, 2.45) is 0 Å². The summed E-state index contributed by atoms with van der Waals surface area (Å²) >= 11 is 1.37. The molecule has 0 bridgehead atoms. The molecule has 0 unspecified atom stereocenters. The molecule has 0 spiro atoms. The molecule has 2 amide bonds. The molecule has 0 saturated carbocycles. The zero-order valence-corrected chi connectivity index (χ0v) is 14.4. The second-order valence-electron chi connectivity index (χ2n) is 5.99. The average molecular weight is 344 g/mol. The molecule has 1 aliphatic heterocycles. The van der Waals surface area contributed by atoms with Crippen molar-refractivity contribution in [2.45, 2.75) is 32.6 Å². The van der Waals surface area contributed by atoms with Gasteiger partial charge in [-0.05, 0) is 25.3 Å². The Morgan fingerprint density at radius 1 is 1.33 bits per heavy atom. The highest BCUT2D eigenvalue weighted by atomic mass is 32.1. The number of hydrogen-bond acceptors (Lipinski definition) is 5. The number of carbonyl (C=O) groups is 2.